The van der Waals surface area contributed by atoms with E-state index in [0.717, 1.165) is 67.0 Å². The first-order chi connectivity index (χ1) is 17.2. The molecule has 1 spiro atoms. The van der Waals surface area contributed by atoms with Crippen molar-refractivity contribution in [1.82, 2.24) is 20.1 Å². The third-order valence-corrected chi connectivity index (χ3v) is 7.60. The van der Waals surface area contributed by atoms with Gasteiger partial charge >= 0.3 is 0 Å². The van der Waals surface area contributed by atoms with Crippen molar-refractivity contribution < 1.29 is 19.0 Å². The smallest absolute Gasteiger partial charge is 0.272 e. The van der Waals surface area contributed by atoms with E-state index in [2.05, 4.69) is 15.2 Å². The summed E-state index contributed by atoms with van der Waals surface area (Å²) in [4.78, 5) is 19.4. The Kier molecular flexibility index (Phi) is 5.90. The molecule has 6 rings (SSSR count). The fourth-order valence-electron chi connectivity index (χ4n) is 5.62. The number of aromatic nitrogens is 3. The van der Waals surface area contributed by atoms with Crippen LogP contribution in [0.3, 0.4) is 0 Å². The first-order valence-electron chi connectivity index (χ1n) is 12.5. The van der Waals surface area contributed by atoms with Gasteiger partial charge in [-0.05, 0) is 62.3 Å². The fraction of sp³-hybridized carbons (Fsp3) is 0.444. The second kappa shape index (κ2) is 9.34. The normalized spacial score (nSPS) is 20.6. The Morgan fingerprint density at radius 2 is 2.00 bits per heavy atom. The Hall–Kier alpha value is -3.39. The zero-order chi connectivity index (χ0) is 23.7. The molecule has 2 fully saturated rings. The van der Waals surface area contributed by atoms with Gasteiger partial charge in [0.25, 0.3) is 5.91 Å². The molecule has 5 heterocycles. The zero-order valence-corrected chi connectivity index (χ0v) is 19.7. The molecule has 182 valence electrons. The second-order valence-electron chi connectivity index (χ2n) is 9.71. The highest BCUT2D eigenvalue weighted by atomic mass is 16.5. The topological polar surface area (TPSA) is 89.6 Å². The van der Waals surface area contributed by atoms with E-state index < -0.39 is 0 Å². The van der Waals surface area contributed by atoms with Crippen LogP contribution in [0.25, 0.3) is 11.3 Å². The van der Waals surface area contributed by atoms with Gasteiger partial charge in [-0.3, -0.25) is 14.9 Å². The monoisotopic (exact) mass is 474 g/mol. The number of carbonyl (C=O) groups excluding carboxylic acids is 1. The quantitative estimate of drug-likeness (QED) is 0.595. The minimum absolute atomic E-state index is 0.00492. The number of fused-ring (bicyclic) bond motifs is 3. The molecular formula is C27H30N4O4. The second-order valence-corrected chi connectivity index (χ2v) is 9.71. The van der Waals surface area contributed by atoms with Gasteiger partial charge in [0.05, 0.1) is 12.2 Å². The Morgan fingerprint density at radius 1 is 1.17 bits per heavy atom. The lowest BCUT2D eigenvalue weighted by Gasteiger charge is -2.46. The molecule has 1 aromatic carbocycles. The number of hydrogen-bond donors (Lipinski definition) is 1. The molecule has 3 aromatic rings. The van der Waals surface area contributed by atoms with Crippen LogP contribution in [0, 0.1) is 5.92 Å². The Labute approximate surface area is 204 Å². The predicted octanol–water partition coefficient (Wildman–Crippen LogP) is 4.23. The van der Waals surface area contributed by atoms with Crippen LogP contribution in [-0.2, 0) is 11.3 Å². The third kappa shape index (κ3) is 4.38. The lowest BCUT2D eigenvalue weighted by Crippen LogP contribution is -2.51. The highest BCUT2D eigenvalue weighted by molar-refractivity contribution is 5.96. The molecular weight excluding hydrogens is 444 g/mol. The molecule has 1 amide bonds. The van der Waals surface area contributed by atoms with E-state index in [0.29, 0.717) is 37.9 Å². The molecule has 1 atom stereocenters. The Bertz CT molecular complexity index is 1190. The molecule has 35 heavy (non-hydrogen) atoms. The molecule has 3 aliphatic rings. The highest BCUT2D eigenvalue weighted by Crippen LogP contribution is 2.40. The summed E-state index contributed by atoms with van der Waals surface area (Å²) in [5.41, 5.74) is 3.00. The number of nitrogens with zero attached hydrogens (tertiary/aromatic N) is 3. The molecule has 0 bridgehead atoms. The minimum atomic E-state index is -0.133. The van der Waals surface area contributed by atoms with E-state index in [9.17, 15) is 4.79 Å². The van der Waals surface area contributed by atoms with E-state index in [1.165, 1.54) is 0 Å². The predicted molar refractivity (Wildman–Crippen MR) is 129 cm³/mol. The van der Waals surface area contributed by atoms with Crippen LogP contribution < -0.4 is 9.47 Å². The number of carbonyl (C=O) groups is 1. The standard InChI is InChI=1S/C27H30N4O4/c32-26(25-22-18-34-23-4-2-1-3-21(23)24(22)29-30-25)31-13-9-27(10-14-31)17-19(8-16-35-27)7-15-33-20-5-11-28-12-6-20/h1-6,11-12,19H,7-10,13-18H2,(H,29,30)/t19-/m0/s1. The van der Waals surface area contributed by atoms with Crippen LogP contribution in [0.2, 0.25) is 0 Å². The molecule has 2 aromatic heterocycles. The summed E-state index contributed by atoms with van der Waals surface area (Å²) in [5.74, 6) is 2.24. The summed E-state index contributed by atoms with van der Waals surface area (Å²) < 4.78 is 18.1. The van der Waals surface area contributed by atoms with Crippen molar-refractivity contribution in [1.29, 1.82) is 0 Å². The number of para-hydroxylation sites is 1. The minimum Gasteiger partial charge on any atom is -0.493 e. The van der Waals surface area contributed by atoms with Gasteiger partial charge < -0.3 is 19.1 Å². The van der Waals surface area contributed by atoms with Crippen molar-refractivity contribution in [3.8, 4) is 22.8 Å². The Morgan fingerprint density at radius 3 is 2.86 bits per heavy atom. The number of pyridine rings is 1. The molecule has 8 nitrogen and oxygen atoms in total. The van der Waals surface area contributed by atoms with E-state index in [-0.39, 0.29) is 11.5 Å². The first-order valence-corrected chi connectivity index (χ1v) is 12.5. The largest absolute Gasteiger partial charge is 0.493 e. The molecule has 0 saturated carbocycles. The van der Waals surface area contributed by atoms with Gasteiger partial charge in [-0.1, -0.05) is 12.1 Å². The van der Waals surface area contributed by atoms with Gasteiger partial charge in [-0.15, -0.1) is 0 Å². The lowest BCUT2D eigenvalue weighted by atomic mass is 9.78. The molecule has 0 aliphatic carbocycles. The van der Waals surface area contributed by atoms with E-state index in [4.69, 9.17) is 14.2 Å². The van der Waals surface area contributed by atoms with Crippen molar-refractivity contribution in [2.75, 3.05) is 26.3 Å². The number of piperidine rings is 1. The zero-order valence-electron chi connectivity index (χ0n) is 19.7. The first kappa shape index (κ1) is 22.1. The summed E-state index contributed by atoms with van der Waals surface area (Å²) in [6.45, 7) is 3.20. The van der Waals surface area contributed by atoms with Crippen LogP contribution in [0.5, 0.6) is 11.5 Å². The summed E-state index contributed by atoms with van der Waals surface area (Å²) >= 11 is 0. The molecule has 2 saturated heterocycles. The van der Waals surface area contributed by atoms with Gasteiger partial charge in [-0.2, -0.15) is 5.10 Å². The van der Waals surface area contributed by atoms with Gasteiger partial charge in [0.1, 0.15) is 29.5 Å². The van der Waals surface area contributed by atoms with E-state index >= 15 is 0 Å². The third-order valence-electron chi connectivity index (χ3n) is 7.60. The number of hydrogen-bond acceptors (Lipinski definition) is 6. The number of nitrogens with one attached hydrogen (secondary N) is 1. The van der Waals surface area contributed by atoms with Crippen molar-refractivity contribution >= 4 is 5.91 Å². The maximum atomic E-state index is 13.4. The van der Waals surface area contributed by atoms with E-state index in [1.54, 1.807) is 12.4 Å². The van der Waals surface area contributed by atoms with Gasteiger partial charge in [-0.25, -0.2) is 0 Å². The molecule has 8 heteroatoms. The average molecular weight is 475 g/mol. The van der Waals surface area contributed by atoms with E-state index in [1.807, 2.05) is 41.3 Å². The molecule has 0 radical (unpaired) electrons. The average Bonchev–Trinajstić information content (AvgIpc) is 3.34. The van der Waals surface area contributed by atoms with Crippen molar-refractivity contribution in [3.05, 3.63) is 60.0 Å². The number of likely N-dealkylation sites (tertiary alicyclic amines) is 1. The van der Waals surface area contributed by atoms with Crippen molar-refractivity contribution in [3.63, 3.8) is 0 Å². The van der Waals surface area contributed by atoms with Crippen LogP contribution in [0.15, 0.2) is 48.8 Å². The van der Waals surface area contributed by atoms with Crippen molar-refractivity contribution in [2.24, 2.45) is 5.92 Å². The fourth-order valence-corrected chi connectivity index (χ4v) is 5.62. The van der Waals surface area contributed by atoms with Crippen LogP contribution in [0.1, 0.15) is 48.2 Å². The molecule has 0 unspecified atom stereocenters. The number of aromatic amines is 1. The van der Waals surface area contributed by atoms with Crippen LogP contribution >= 0.6 is 0 Å². The summed E-state index contributed by atoms with van der Waals surface area (Å²) in [7, 11) is 0. The van der Waals surface area contributed by atoms with Gasteiger partial charge in [0.15, 0.2) is 0 Å². The number of H-pyrrole nitrogens is 1. The number of rotatable bonds is 5. The maximum Gasteiger partial charge on any atom is 0.272 e. The number of benzene rings is 1. The molecule has 1 N–H and O–H groups in total. The summed E-state index contributed by atoms with van der Waals surface area (Å²) in [6, 6.07) is 11.6. The van der Waals surface area contributed by atoms with Crippen LogP contribution in [-0.4, -0.2) is 57.9 Å². The SMILES string of the molecule is O=C(c1[nH]nc2c1COc1ccccc1-2)N1CCC2(CC1)C[C@@H](CCOc1ccncc1)CCO2. The molecule has 3 aliphatic heterocycles. The van der Waals surface area contributed by atoms with Gasteiger partial charge in [0.2, 0.25) is 0 Å². The van der Waals surface area contributed by atoms with Crippen LogP contribution in [0.4, 0.5) is 0 Å². The number of ether oxygens (including phenoxy) is 3. The lowest BCUT2D eigenvalue weighted by molar-refractivity contribution is -0.125. The Balaban J connectivity index is 1.06. The number of amides is 1. The maximum absolute atomic E-state index is 13.4. The summed E-state index contributed by atoms with van der Waals surface area (Å²) in [5, 5.41) is 7.46. The summed E-state index contributed by atoms with van der Waals surface area (Å²) in [6.07, 6.45) is 8.31. The van der Waals surface area contributed by atoms with Crippen molar-refractivity contribution in [2.45, 2.75) is 44.3 Å². The highest BCUT2D eigenvalue weighted by Gasteiger charge is 2.41. The van der Waals surface area contributed by atoms with Gasteiger partial charge in [0, 0.05) is 43.2 Å².